The summed E-state index contributed by atoms with van der Waals surface area (Å²) in [6.45, 7) is 0. The number of hydrogen-bond acceptors (Lipinski definition) is 4. The third kappa shape index (κ3) is 2.23. The van der Waals surface area contributed by atoms with E-state index < -0.39 is 17.7 Å². The molecule has 0 bridgehead atoms. The number of amides is 1. The van der Waals surface area contributed by atoms with E-state index in [1.54, 1.807) is 12.1 Å². The number of ketones is 1. The average Bonchev–Trinajstić information content (AvgIpc) is 2.64. The molecule has 0 radical (unpaired) electrons. The number of anilines is 1. The Labute approximate surface area is 103 Å². The zero-order chi connectivity index (χ0) is 13.1. The van der Waals surface area contributed by atoms with E-state index in [0.29, 0.717) is 16.8 Å². The minimum Gasteiger partial charge on any atom is -0.468 e. The van der Waals surface area contributed by atoms with Gasteiger partial charge in [-0.15, -0.1) is 0 Å². The molecule has 1 aromatic carbocycles. The second-order valence-electron chi connectivity index (χ2n) is 3.60. The SMILES string of the molecule is COC(=O)CC#Cc1ccc2c(c1)NC(=O)C2=O. The van der Waals surface area contributed by atoms with Crippen molar-refractivity contribution < 1.29 is 19.1 Å². The Morgan fingerprint density at radius 1 is 1.39 bits per heavy atom. The third-order valence-corrected chi connectivity index (χ3v) is 2.41. The normalized spacial score (nSPS) is 12.3. The molecule has 1 amide bonds. The number of rotatable bonds is 1. The Morgan fingerprint density at radius 3 is 2.89 bits per heavy atom. The minimum atomic E-state index is -0.635. The highest BCUT2D eigenvalue weighted by atomic mass is 16.5. The predicted octanol–water partition coefficient (Wildman–Crippen LogP) is 0.736. The van der Waals surface area contributed by atoms with Crippen molar-refractivity contribution in [3.05, 3.63) is 29.3 Å². The molecule has 18 heavy (non-hydrogen) atoms. The van der Waals surface area contributed by atoms with E-state index in [-0.39, 0.29) is 6.42 Å². The maximum atomic E-state index is 11.3. The molecule has 0 saturated carbocycles. The monoisotopic (exact) mass is 243 g/mol. The number of benzene rings is 1. The fourth-order valence-corrected chi connectivity index (χ4v) is 1.52. The number of carbonyl (C=O) groups excluding carboxylic acids is 3. The Kier molecular flexibility index (Phi) is 3.11. The standard InChI is InChI=1S/C13H9NO4/c1-18-11(15)4-2-3-8-5-6-9-10(7-8)14-13(17)12(9)16/h5-7H,4H2,1H3,(H,14,16,17). The lowest BCUT2D eigenvalue weighted by atomic mass is 10.1. The van der Waals surface area contributed by atoms with Crippen LogP contribution in [0.25, 0.3) is 0 Å². The molecule has 1 aliphatic rings. The van der Waals surface area contributed by atoms with Gasteiger partial charge in [-0.3, -0.25) is 14.4 Å². The second kappa shape index (κ2) is 4.72. The summed E-state index contributed by atoms with van der Waals surface area (Å²) in [6.07, 6.45) is -0.00112. The fourth-order valence-electron chi connectivity index (χ4n) is 1.52. The number of carbonyl (C=O) groups is 3. The molecule has 2 rings (SSSR count). The van der Waals surface area contributed by atoms with Crippen molar-refractivity contribution in [2.45, 2.75) is 6.42 Å². The smallest absolute Gasteiger partial charge is 0.317 e. The number of hydrogen-bond donors (Lipinski definition) is 1. The van der Waals surface area contributed by atoms with Gasteiger partial charge in [-0.25, -0.2) is 0 Å². The van der Waals surface area contributed by atoms with E-state index >= 15 is 0 Å². The number of Topliss-reactive ketones (excluding diaryl/α,β-unsaturated/α-hetero) is 1. The molecule has 0 aromatic heterocycles. The quantitative estimate of drug-likeness (QED) is 0.448. The molecule has 0 aliphatic carbocycles. The van der Waals surface area contributed by atoms with Crippen molar-refractivity contribution >= 4 is 23.3 Å². The summed E-state index contributed by atoms with van der Waals surface area (Å²) in [5, 5.41) is 2.45. The van der Waals surface area contributed by atoms with Gasteiger partial charge in [0.15, 0.2) is 0 Å². The Balaban J connectivity index is 2.19. The van der Waals surface area contributed by atoms with E-state index in [4.69, 9.17) is 0 Å². The highest BCUT2D eigenvalue weighted by Crippen LogP contribution is 2.23. The van der Waals surface area contributed by atoms with Gasteiger partial charge in [0.1, 0.15) is 6.42 Å². The Bertz CT molecular complexity index is 607. The molecule has 1 aromatic rings. The molecule has 1 N–H and O–H groups in total. The van der Waals surface area contributed by atoms with E-state index in [1.165, 1.54) is 13.2 Å². The first-order valence-electron chi connectivity index (χ1n) is 5.17. The van der Waals surface area contributed by atoms with Gasteiger partial charge in [-0.1, -0.05) is 11.8 Å². The lowest BCUT2D eigenvalue weighted by Crippen LogP contribution is -2.12. The second-order valence-corrected chi connectivity index (χ2v) is 3.60. The average molecular weight is 243 g/mol. The molecule has 1 aliphatic heterocycles. The van der Waals surface area contributed by atoms with Gasteiger partial charge < -0.3 is 10.1 Å². The van der Waals surface area contributed by atoms with Crippen LogP contribution < -0.4 is 5.32 Å². The first kappa shape index (κ1) is 11.9. The van der Waals surface area contributed by atoms with Crippen molar-refractivity contribution in [3.8, 4) is 11.8 Å². The Morgan fingerprint density at radius 2 is 2.17 bits per heavy atom. The largest absolute Gasteiger partial charge is 0.468 e. The summed E-state index contributed by atoms with van der Waals surface area (Å²) in [5.41, 5.74) is 1.42. The maximum absolute atomic E-state index is 11.3. The molecule has 5 nitrogen and oxygen atoms in total. The van der Waals surface area contributed by atoms with Gasteiger partial charge in [0.05, 0.1) is 18.4 Å². The first-order valence-corrected chi connectivity index (χ1v) is 5.17. The molecule has 1 heterocycles. The number of methoxy groups -OCH3 is 1. The lowest BCUT2D eigenvalue weighted by Gasteiger charge is -1.97. The number of nitrogens with one attached hydrogen (secondary N) is 1. The summed E-state index contributed by atoms with van der Waals surface area (Å²) in [6, 6.07) is 4.77. The molecule has 0 saturated heterocycles. The van der Waals surface area contributed by atoms with Crippen LogP contribution in [-0.2, 0) is 14.3 Å². The van der Waals surface area contributed by atoms with E-state index in [0.717, 1.165) is 0 Å². The van der Waals surface area contributed by atoms with Crippen LogP contribution >= 0.6 is 0 Å². The first-order chi connectivity index (χ1) is 8.61. The van der Waals surface area contributed by atoms with Crippen LogP contribution in [0.2, 0.25) is 0 Å². The van der Waals surface area contributed by atoms with Crippen LogP contribution in [0.4, 0.5) is 5.69 Å². The summed E-state index contributed by atoms with van der Waals surface area (Å²) >= 11 is 0. The van der Waals surface area contributed by atoms with Crippen LogP contribution in [0, 0.1) is 11.8 Å². The molecular formula is C13H9NO4. The van der Waals surface area contributed by atoms with E-state index in [9.17, 15) is 14.4 Å². The van der Waals surface area contributed by atoms with Crippen LogP contribution in [0.1, 0.15) is 22.3 Å². The number of ether oxygens (including phenoxy) is 1. The van der Waals surface area contributed by atoms with Crippen molar-refractivity contribution in [3.63, 3.8) is 0 Å². The third-order valence-electron chi connectivity index (χ3n) is 2.41. The highest BCUT2D eigenvalue weighted by molar-refractivity contribution is 6.51. The predicted molar refractivity (Wildman–Crippen MR) is 62.9 cm³/mol. The summed E-state index contributed by atoms with van der Waals surface area (Å²) in [7, 11) is 1.29. The van der Waals surface area contributed by atoms with Crippen molar-refractivity contribution in [1.29, 1.82) is 0 Å². The molecule has 90 valence electrons. The summed E-state index contributed by atoms with van der Waals surface area (Å²) < 4.78 is 4.45. The molecule has 0 fully saturated rings. The summed E-state index contributed by atoms with van der Waals surface area (Å²) in [4.78, 5) is 33.3. The van der Waals surface area contributed by atoms with Crippen molar-refractivity contribution in [2.75, 3.05) is 12.4 Å². The zero-order valence-corrected chi connectivity index (χ0v) is 9.57. The van der Waals surface area contributed by atoms with Gasteiger partial charge in [-0.05, 0) is 18.2 Å². The van der Waals surface area contributed by atoms with Crippen LogP contribution in [0.15, 0.2) is 18.2 Å². The van der Waals surface area contributed by atoms with Gasteiger partial charge in [-0.2, -0.15) is 0 Å². The van der Waals surface area contributed by atoms with Gasteiger partial charge in [0, 0.05) is 5.56 Å². The van der Waals surface area contributed by atoms with Gasteiger partial charge >= 0.3 is 5.97 Å². The molecule has 0 spiro atoms. The zero-order valence-electron chi connectivity index (χ0n) is 9.57. The van der Waals surface area contributed by atoms with Crippen molar-refractivity contribution in [2.24, 2.45) is 0 Å². The van der Waals surface area contributed by atoms with Crippen molar-refractivity contribution in [1.82, 2.24) is 0 Å². The molecule has 0 atom stereocenters. The van der Waals surface area contributed by atoms with Gasteiger partial charge in [0.25, 0.3) is 11.7 Å². The minimum absolute atomic E-state index is 0.00112. The van der Waals surface area contributed by atoms with E-state index in [1.807, 2.05) is 0 Å². The molecular weight excluding hydrogens is 234 g/mol. The number of fused-ring (bicyclic) bond motifs is 1. The number of esters is 1. The topological polar surface area (TPSA) is 72.5 Å². The molecule has 0 unspecified atom stereocenters. The highest BCUT2D eigenvalue weighted by Gasteiger charge is 2.27. The van der Waals surface area contributed by atoms with Crippen LogP contribution in [-0.4, -0.2) is 24.8 Å². The molecule has 5 heteroatoms. The maximum Gasteiger partial charge on any atom is 0.317 e. The van der Waals surface area contributed by atoms with E-state index in [2.05, 4.69) is 21.9 Å². The Hall–Kier alpha value is -2.61. The fraction of sp³-hybridized carbons (Fsp3) is 0.154. The van der Waals surface area contributed by atoms with Crippen LogP contribution in [0.3, 0.4) is 0 Å². The van der Waals surface area contributed by atoms with Gasteiger partial charge in [0.2, 0.25) is 0 Å². The summed E-state index contributed by atoms with van der Waals surface area (Å²) in [5.74, 6) is 3.81. The van der Waals surface area contributed by atoms with Crippen LogP contribution in [0.5, 0.6) is 0 Å². The lowest BCUT2D eigenvalue weighted by molar-refractivity contribution is -0.139.